The number of nitrogens with zero attached hydrogens (tertiary/aromatic N) is 8. The number of amides is 2. The van der Waals surface area contributed by atoms with E-state index in [0.29, 0.717) is 52.8 Å². The molecule has 3 N–H and O–H groups in total. The molecule has 35 heavy (non-hydrogen) atoms. The van der Waals surface area contributed by atoms with Crippen LogP contribution in [0.1, 0.15) is 26.4 Å². The van der Waals surface area contributed by atoms with Crippen molar-refractivity contribution >= 4 is 34.1 Å². The Morgan fingerprint density at radius 1 is 1.26 bits per heavy atom. The van der Waals surface area contributed by atoms with Crippen LogP contribution in [0.5, 0.6) is 0 Å². The maximum absolute atomic E-state index is 12.6. The van der Waals surface area contributed by atoms with E-state index in [1.165, 1.54) is 22.2 Å². The molecule has 2 amide bonds. The van der Waals surface area contributed by atoms with E-state index in [1.54, 1.807) is 42.6 Å². The minimum atomic E-state index is -0.486. The van der Waals surface area contributed by atoms with E-state index in [1.807, 2.05) is 4.90 Å². The summed E-state index contributed by atoms with van der Waals surface area (Å²) in [6.45, 7) is 1.13. The molecule has 0 saturated carbocycles. The number of carbonyl (C=O) groups excluding carboxylic acids is 2. The van der Waals surface area contributed by atoms with Crippen molar-refractivity contribution in [3.63, 3.8) is 0 Å². The summed E-state index contributed by atoms with van der Waals surface area (Å²) in [5, 5.41) is 21.3. The zero-order chi connectivity index (χ0) is 24.5. The van der Waals surface area contributed by atoms with Gasteiger partial charge in [-0.15, -0.1) is 11.3 Å². The number of nitriles is 1. The minimum Gasteiger partial charge on any atom is -0.368 e. The van der Waals surface area contributed by atoms with Gasteiger partial charge >= 0.3 is 0 Å². The van der Waals surface area contributed by atoms with Crippen LogP contribution < -0.4 is 16.0 Å². The molecule has 0 radical (unpaired) electrons. The second kappa shape index (κ2) is 8.99. The Labute approximate surface area is 203 Å². The molecule has 0 aromatic carbocycles. The number of hydrogen-bond acceptors (Lipinski definition) is 9. The summed E-state index contributed by atoms with van der Waals surface area (Å²) < 4.78 is 3.05. The van der Waals surface area contributed by atoms with Crippen molar-refractivity contribution in [2.45, 2.75) is 19.5 Å². The first-order valence-electron chi connectivity index (χ1n) is 10.6. The third-order valence-corrected chi connectivity index (χ3v) is 6.73. The quantitative estimate of drug-likeness (QED) is 0.411. The second-order valence-electron chi connectivity index (χ2n) is 7.96. The Morgan fingerprint density at radius 3 is 2.74 bits per heavy atom. The summed E-state index contributed by atoms with van der Waals surface area (Å²) >= 11 is 1.39. The summed E-state index contributed by atoms with van der Waals surface area (Å²) in [5.41, 5.74) is 8.57. The van der Waals surface area contributed by atoms with Crippen molar-refractivity contribution in [2.24, 2.45) is 12.8 Å². The average molecular weight is 489 g/mol. The lowest BCUT2D eigenvalue weighted by atomic mass is 10.0. The van der Waals surface area contributed by atoms with E-state index in [0.717, 1.165) is 10.4 Å². The maximum Gasteiger partial charge on any atom is 0.259 e. The number of anilines is 2. The van der Waals surface area contributed by atoms with Crippen molar-refractivity contribution in [3.8, 4) is 17.3 Å². The fourth-order valence-electron chi connectivity index (χ4n) is 3.96. The third kappa shape index (κ3) is 4.34. The molecule has 12 nitrogen and oxygen atoms in total. The topological polar surface area (TPSA) is 161 Å². The van der Waals surface area contributed by atoms with Gasteiger partial charge in [-0.05, 0) is 18.1 Å². The van der Waals surface area contributed by atoms with Gasteiger partial charge in [-0.25, -0.2) is 9.97 Å². The Kier molecular flexibility index (Phi) is 5.71. The highest BCUT2D eigenvalue weighted by atomic mass is 32.1. The lowest BCUT2D eigenvalue weighted by Crippen LogP contribution is -2.31. The Hall–Kier alpha value is -4.57. The largest absolute Gasteiger partial charge is 0.368 e. The van der Waals surface area contributed by atoms with Crippen LogP contribution in [-0.4, -0.2) is 47.9 Å². The fraction of sp³-hybridized carbons (Fsp3) is 0.227. The summed E-state index contributed by atoms with van der Waals surface area (Å²) in [5.74, 6) is -0.243. The van der Waals surface area contributed by atoms with Gasteiger partial charge in [-0.2, -0.15) is 15.5 Å². The number of aromatic nitrogens is 6. The van der Waals surface area contributed by atoms with Crippen molar-refractivity contribution in [3.05, 3.63) is 58.6 Å². The number of carbonyl (C=O) groups is 2. The van der Waals surface area contributed by atoms with Crippen LogP contribution in [0.25, 0.3) is 11.3 Å². The normalized spacial score (nSPS) is 12.7. The lowest BCUT2D eigenvalue weighted by molar-refractivity contribution is -0.118. The van der Waals surface area contributed by atoms with Gasteiger partial charge in [0.15, 0.2) is 0 Å². The zero-order valence-corrected chi connectivity index (χ0v) is 19.5. The Bertz CT molecular complexity index is 1460. The van der Waals surface area contributed by atoms with Gasteiger partial charge in [-0.3, -0.25) is 19.0 Å². The Balaban J connectivity index is 1.34. The highest BCUT2D eigenvalue weighted by Gasteiger charge is 2.27. The number of aryl methyl sites for hydroxylation is 1. The van der Waals surface area contributed by atoms with Crippen molar-refractivity contribution in [2.75, 3.05) is 16.8 Å². The first-order chi connectivity index (χ1) is 16.9. The SMILES string of the molecule is Cn1cc(C(=O)Nc2sc3c(c2C#N)CCN(c2ncc(-c4ccnn4CC(N)=O)cn2)C3)cn1. The molecule has 4 aromatic heterocycles. The predicted octanol–water partition coefficient (Wildman–Crippen LogP) is 1.31. The molecule has 1 aliphatic rings. The number of thiophene rings is 1. The number of nitrogens with two attached hydrogens (primary N) is 1. The molecule has 0 aliphatic carbocycles. The monoisotopic (exact) mass is 488 g/mol. The molecular weight excluding hydrogens is 468 g/mol. The molecule has 5 rings (SSSR count). The molecule has 0 fully saturated rings. The fourth-order valence-corrected chi connectivity index (χ4v) is 5.17. The summed E-state index contributed by atoms with van der Waals surface area (Å²) in [6.07, 6.45) is 8.69. The van der Waals surface area contributed by atoms with Crippen LogP contribution in [-0.2, 0) is 31.4 Å². The molecule has 0 saturated heterocycles. The van der Waals surface area contributed by atoms with E-state index in [-0.39, 0.29) is 12.5 Å². The molecule has 4 aromatic rings. The van der Waals surface area contributed by atoms with Gasteiger partial charge in [-0.1, -0.05) is 0 Å². The summed E-state index contributed by atoms with van der Waals surface area (Å²) in [7, 11) is 1.74. The smallest absolute Gasteiger partial charge is 0.259 e. The predicted molar refractivity (Wildman–Crippen MR) is 127 cm³/mol. The van der Waals surface area contributed by atoms with E-state index in [4.69, 9.17) is 5.73 Å². The molecule has 176 valence electrons. The van der Waals surface area contributed by atoms with Crippen LogP contribution in [0.4, 0.5) is 10.9 Å². The summed E-state index contributed by atoms with van der Waals surface area (Å²) in [6, 6.07) is 4.01. The van der Waals surface area contributed by atoms with Gasteiger partial charge in [0.05, 0.1) is 29.6 Å². The van der Waals surface area contributed by atoms with Crippen molar-refractivity contribution in [1.82, 2.24) is 29.5 Å². The molecule has 0 unspecified atom stereocenters. The van der Waals surface area contributed by atoms with E-state index < -0.39 is 5.91 Å². The first kappa shape index (κ1) is 22.2. The van der Waals surface area contributed by atoms with Crippen molar-refractivity contribution < 1.29 is 9.59 Å². The van der Waals surface area contributed by atoms with Gasteiger partial charge in [0.25, 0.3) is 5.91 Å². The van der Waals surface area contributed by atoms with Crippen molar-refractivity contribution in [1.29, 1.82) is 5.26 Å². The van der Waals surface area contributed by atoms with Crippen LogP contribution >= 0.6 is 11.3 Å². The van der Waals surface area contributed by atoms with E-state index in [9.17, 15) is 14.9 Å². The maximum atomic E-state index is 12.6. The van der Waals surface area contributed by atoms with Gasteiger partial charge in [0, 0.05) is 48.8 Å². The number of primary amides is 1. The lowest BCUT2D eigenvalue weighted by Gasteiger charge is -2.26. The van der Waals surface area contributed by atoms with Crippen LogP contribution in [0, 0.1) is 11.3 Å². The molecule has 5 heterocycles. The van der Waals surface area contributed by atoms with Gasteiger partial charge in [0.2, 0.25) is 11.9 Å². The Morgan fingerprint density at radius 2 is 2.06 bits per heavy atom. The van der Waals surface area contributed by atoms with Gasteiger partial charge < -0.3 is 16.0 Å². The highest BCUT2D eigenvalue weighted by molar-refractivity contribution is 7.16. The molecule has 0 bridgehead atoms. The minimum absolute atomic E-state index is 0.0295. The third-order valence-electron chi connectivity index (χ3n) is 5.60. The number of fused-ring (bicyclic) bond motifs is 1. The van der Waals surface area contributed by atoms with E-state index in [2.05, 4.69) is 31.6 Å². The highest BCUT2D eigenvalue weighted by Crippen LogP contribution is 2.37. The van der Waals surface area contributed by atoms with Crippen LogP contribution in [0.3, 0.4) is 0 Å². The standard InChI is InChI=1S/C22H20N10O2S/c1-30-10-14(9-28-30)20(34)29-21-16(6-23)15-3-5-31(11-18(15)35-21)22-25-7-13(8-26-22)17-2-4-27-32(17)12-19(24)33/h2,4,7-10H,3,5,11-12H2,1H3,(H2,24,33)(H,29,34). The van der Waals surface area contributed by atoms with E-state index >= 15 is 0 Å². The number of hydrogen-bond donors (Lipinski definition) is 2. The molecule has 0 spiro atoms. The second-order valence-corrected chi connectivity index (χ2v) is 9.07. The molecular formula is C22H20N10O2S. The zero-order valence-electron chi connectivity index (χ0n) is 18.7. The van der Waals surface area contributed by atoms with Crippen LogP contribution in [0.15, 0.2) is 37.1 Å². The number of nitrogens with one attached hydrogen (secondary N) is 1. The van der Waals surface area contributed by atoms with Crippen LogP contribution in [0.2, 0.25) is 0 Å². The molecule has 1 aliphatic heterocycles. The average Bonchev–Trinajstić information content (AvgIpc) is 3.56. The van der Waals surface area contributed by atoms with Gasteiger partial charge in [0.1, 0.15) is 17.6 Å². The molecule has 13 heteroatoms. The molecule has 0 atom stereocenters. The summed E-state index contributed by atoms with van der Waals surface area (Å²) in [4.78, 5) is 35.9. The number of rotatable bonds is 6. The first-order valence-corrected chi connectivity index (χ1v) is 11.5.